The third-order valence-electron chi connectivity index (χ3n) is 2.47. The van der Waals surface area contributed by atoms with E-state index < -0.39 is 0 Å². The Hall–Kier alpha value is -0.0800. The van der Waals surface area contributed by atoms with Crippen molar-refractivity contribution in [2.75, 3.05) is 0 Å². The molecule has 0 bridgehead atoms. The molecule has 0 heterocycles. The standard InChI is InChI=1S/C7H15NO/c1-2-7(8-9)5-3-4-6-7/h8-9H,2-6H2,1H3. The summed E-state index contributed by atoms with van der Waals surface area (Å²) in [5, 5.41) is 8.77. The van der Waals surface area contributed by atoms with Crippen LogP contribution >= 0.6 is 0 Å². The fourth-order valence-corrected chi connectivity index (χ4v) is 1.60. The van der Waals surface area contributed by atoms with Gasteiger partial charge in [-0.05, 0) is 19.3 Å². The fraction of sp³-hybridized carbons (Fsp3) is 1.00. The van der Waals surface area contributed by atoms with Crippen LogP contribution in [-0.4, -0.2) is 10.7 Å². The van der Waals surface area contributed by atoms with Crippen LogP contribution in [0.25, 0.3) is 0 Å². The zero-order chi connectivity index (χ0) is 6.74. The van der Waals surface area contributed by atoms with Gasteiger partial charge in [0.2, 0.25) is 0 Å². The van der Waals surface area contributed by atoms with E-state index in [0.717, 1.165) is 19.3 Å². The Morgan fingerprint density at radius 3 is 2.22 bits per heavy atom. The lowest BCUT2D eigenvalue weighted by Gasteiger charge is -2.24. The van der Waals surface area contributed by atoms with Gasteiger partial charge in [-0.15, -0.1) is 0 Å². The molecule has 1 aliphatic carbocycles. The molecule has 0 atom stereocenters. The van der Waals surface area contributed by atoms with Crippen LogP contribution < -0.4 is 5.48 Å². The zero-order valence-corrected chi connectivity index (χ0v) is 5.98. The highest BCUT2D eigenvalue weighted by Gasteiger charge is 2.30. The quantitative estimate of drug-likeness (QED) is 0.556. The molecule has 0 aromatic rings. The minimum absolute atomic E-state index is 0.0833. The normalized spacial score (nSPS) is 24.7. The van der Waals surface area contributed by atoms with Crippen molar-refractivity contribution in [1.29, 1.82) is 0 Å². The Morgan fingerprint density at radius 2 is 2.00 bits per heavy atom. The van der Waals surface area contributed by atoms with Gasteiger partial charge < -0.3 is 5.21 Å². The van der Waals surface area contributed by atoms with Crippen LogP contribution in [0.5, 0.6) is 0 Å². The molecule has 1 rings (SSSR count). The molecule has 2 nitrogen and oxygen atoms in total. The molecule has 0 spiro atoms. The van der Waals surface area contributed by atoms with Gasteiger partial charge in [-0.1, -0.05) is 19.8 Å². The van der Waals surface area contributed by atoms with Gasteiger partial charge in [-0.25, -0.2) is 0 Å². The molecule has 0 radical (unpaired) electrons. The Kier molecular flexibility index (Phi) is 2.09. The fourth-order valence-electron chi connectivity index (χ4n) is 1.60. The second kappa shape index (κ2) is 2.67. The van der Waals surface area contributed by atoms with Crippen LogP contribution in [0, 0.1) is 0 Å². The molecule has 2 N–H and O–H groups in total. The van der Waals surface area contributed by atoms with Gasteiger partial charge in [-0.3, -0.25) is 0 Å². The van der Waals surface area contributed by atoms with E-state index in [9.17, 15) is 0 Å². The van der Waals surface area contributed by atoms with E-state index in [1.807, 2.05) is 0 Å². The number of hydroxylamine groups is 1. The van der Waals surface area contributed by atoms with Gasteiger partial charge in [0.25, 0.3) is 0 Å². The lowest BCUT2D eigenvalue weighted by Crippen LogP contribution is -2.39. The van der Waals surface area contributed by atoms with E-state index in [2.05, 4.69) is 12.4 Å². The highest BCUT2D eigenvalue weighted by molar-refractivity contribution is 4.88. The summed E-state index contributed by atoms with van der Waals surface area (Å²) >= 11 is 0. The summed E-state index contributed by atoms with van der Waals surface area (Å²) in [4.78, 5) is 0. The molecule has 0 unspecified atom stereocenters. The van der Waals surface area contributed by atoms with Crippen molar-refractivity contribution < 1.29 is 5.21 Å². The Balaban J connectivity index is 2.45. The molecule has 1 aliphatic rings. The van der Waals surface area contributed by atoms with Crippen molar-refractivity contribution in [3.8, 4) is 0 Å². The minimum Gasteiger partial charge on any atom is -0.316 e. The van der Waals surface area contributed by atoms with E-state index >= 15 is 0 Å². The van der Waals surface area contributed by atoms with Gasteiger partial charge in [0, 0.05) is 5.54 Å². The lowest BCUT2D eigenvalue weighted by atomic mass is 9.96. The van der Waals surface area contributed by atoms with Crippen LogP contribution in [0.15, 0.2) is 0 Å². The summed E-state index contributed by atoms with van der Waals surface area (Å²) < 4.78 is 0. The maximum absolute atomic E-state index is 8.77. The predicted molar refractivity (Wildman–Crippen MR) is 36.4 cm³/mol. The van der Waals surface area contributed by atoms with E-state index in [-0.39, 0.29) is 5.54 Å². The smallest absolute Gasteiger partial charge is 0.0427 e. The first kappa shape index (κ1) is 7.03. The van der Waals surface area contributed by atoms with Crippen molar-refractivity contribution in [2.24, 2.45) is 0 Å². The van der Waals surface area contributed by atoms with Crippen molar-refractivity contribution in [3.05, 3.63) is 0 Å². The predicted octanol–water partition coefficient (Wildman–Crippen LogP) is 1.69. The molecule has 0 aromatic heterocycles. The first-order chi connectivity index (χ1) is 4.33. The molecule has 1 saturated carbocycles. The number of hydrogen-bond donors (Lipinski definition) is 2. The van der Waals surface area contributed by atoms with Crippen molar-refractivity contribution >= 4 is 0 Å². The monoisotopic (exact) mass is 129 g/mol. The molecular formula is C7H15NO. The summed E-state index contributed by atoms with van der Waals surface area (Å²) in [6.45, 7) is 2.12. The first-order valence-corrected chi connectivity index (χ1v) is 3.74. The van der Waals surface area contributed by atoms with Crippen LogP contribution in [0.2, 0.25) is 0 Å². The van der Waals surface area contributed by atoms with Gasteiger partial charge in [-0.2, -0.15) is 5.48 Å². The second-order valence-corrected chi connectivity index (χ2v) is 2.95. The molecule has 0 amide bonds. The average molecular weight is 129 g/mol. The first-order valence-electron chi connectivity index (χ1n) is 3.74. The van der Waals surface area contributed by atoms with Crippen molar-refractivity contribution in [1.82, 2.24) is 5.48 Å². The largest absolute Gasteiger partial charge is 0.316 e. The molecule has 9 heavy (non-hydrogen) atoms. The topological polar surface area (TPSA) is 32.3 Å². The summed E-state index contributed by atoms with van der Waals surface area (Å²) in [5.41, 5.74) is 2.51. The number of hydrogen-bond acceptors (Lipinski definition) is 2. The maximum Gasteiger partial charge on any atom is 0.0427 e. The molecule has 0 aromatic carbocycles. The van der Waals surface area contributed by atoms with Gasteiger partial charge in [0.1, 0.15) is 0 Å². The van der Waals surface area contributed by atoms with Crippen LogP contribution in [0.3, 0.4) is 0 Å². The minimum atomic E-state index is 0.0833. The third kappa shape index (κ3) is 1.25. The van der Waals surface area contributed by atoms with E-state index in [0.29, 0.717) is 0 Å². The summed E-state index contributed by atoms with van der Waals surface area (Å²) in [6, 6.07) is 0. The molecule has 0 saturated heterocycles. The third-order valence-corrected chi connectivity index (χ3v) is 2.47. The Labute approximate surface area is 56.2 Å². The highest BCUT2D eigenvalue weighted by atomic mass is 16.5. The van der Waals surface area contributed by atoms with Gasteiger partial charge in [0.15, 0.2) is 0 Å². The van der Waals surface area contributed by atoms with E-state index in [1.165, 1.54) is 12.8 Å². The highest BCUT2D eigenvalue weighted by Crippen LogP contribution is 2.31. The number of nitrogens with one attached hydrogen (secondary N) is 1. The van der Waals surface area contributed by atoms with Crippen LogP contribution in [-0.2, 0) is 0 Å². The SMILES string of the molecule is CCC1(NO)CCCC1. The Morgan fingerprint density at radius 1 is 1.44 bits per heavy atom. The zero-order valence-electron chi connectivity index (χ0n) is 5.98. The molecule has 0 aliphatic heterocycles. The molecule has 1 fully saturated rings. The maximum atomic E-state index is 8.77. The number of rotatable bonds is 2. The average Bonchev–Trinajstić information content (AvgIpc) is 2.36. The van der Waals surface area contributed by atoms with Crippen LogP contribution in [0.4, 0.5) is 0 Å². The summed E-state index contributed by atoms with van der Waals surface area (Å²) in [5.74, 6) is 0. The van der Waals surface area contributed by atoms with Gasteiger partial charge in [0.05, 0.1) is 0 Å². The van der Waals surface area contributed by atoms with Crippen molar-refractivity contribution in [2.45, 2.75) is 44.6 Å². The van der Waals surface area contributed by atoms with Gasteiger partial charge >= 0.3 is 0 Å². The van der Waals surface area contributed by atoms with E-state index in [4.69, 9.17) is 5.21 Å². The van der Waals surface area contributed by atoms with E-state index in [1.54, 1.807) is 0 Å². The molecule has 2 heteroatoms. The summed E-state index contributed by atoms with van der Waals surface area (Å²) in [7, 11) is 0. The van der Waals surface area contributed by atoms with Crippen molar-refractivity contribution in [3.63, 3.8) is 0 Å². The molecule has 54 valence electrons. The molecular weight excluding hydrogens is 114 g/mol. The second-order valence-electron chi connectivity index (χ2n) is 2.95. The van der Waals surface area contributed by atoms with Crippen LogP contribution in [0.1, 0.15) is 39.0 Å². The lowest BCUT2D eigenvalue weighted by molar-refractivity contribution is 0.0617. The Bertz CT molecular complexity index is 80.9. The summed E-state index contributed by atoms with van der Waals surface area (Å²) in [6.07, 6.45) is 5.85.